The number of rotatable bonds is 8. The Morgan fingerprint density at radius 2 is 2.05 bits per heavy atom. The average Bonchev–Trinajstić information content (AvgIpc) is 2.44. The monoisotopic (exact) mass is 298 g/mol. The molecule has 0 saturated carbocycles. The average molecular weight is 299 g/mol. The molecule has 0 saturated heterocycles. The molecule has 3 nitrogen and oxygen atoms in total. The Hall–Kier alpha value is -0.770. The fraction of sp³-hybridized carbons (Fsp3) is 0.625. The molecule has 1 aromatic carbocycles. The molecular formula is C16H27ClN2O. The van der Waals surface area contributed by atoms with Gasteiger partial charge in [-0.2, -0.15) is 0 Å². The summed E-state index contributed by atoms with van der Waals surface area (Å²) in [5.41, 5.74) is 2.40. The summed E-state index contributed by atoms with van der Waals surface area (Å²) >= 11 is 6.38. The summed E-state index contributed by atoms with van der Waals surface area (Å²) in [6, 6.07) is 6.28. The minimum absolute atomic E-state index is 0.127. The van der Waals surface area contributed by atoms with Gasteiger partial charge in [0.25, 0.3) is 0 Å². The number of methoxy groups -OCH3 is 1. The predicted octanol–water partition coefficient (Wildman–Crippen LogP) is 3.70. The van der Waals surface area contributed by atoms with Crippen molar-refractivity contribution in [3.63, 3.8) is 0 Å². The van der Waals surface area contributed by atoms with Crippen LogP contribution in [0.2, 0.25) is 5.02 Å². The zero-order chi connectivity index (χ0) is 15.2. The van der Waals surface area contributed by atoms with E-state index in [0.29, 0.717) is 6.61 Å². The standard InChI is InChI=1S/C16H27ClN2O/c1-6-16(2,3)19(4)14-8-7-13(15(17)11-14)12-18-9-10-20-5/h7-8,11,18H,6,9-10,12H2,1-5H3. The molecule has 0 heterocycles. The van der Waals surface area contributed by atoms with Crippen molar-refractivity contribution < 1.29 is 4.74 Å². The summed E-state index contributed by atoms with van der Waals surface area (Å²) in [5, 5.41) is 4.12. The van der Waals surface area contributed by atoms with Gasteiger partial charge in [-0.05, 0) is 38.0 Å². The molecule has 0 bridgehead atoms. The first-order valence-electron chi connectivity index (χ1n) is 7.14. The van der Waals surface area contributed by atoms with Crippen molar-refractivity contribution in [2.24, 2.45) is 0 Å². The van der Waals surface area contributed by atoms with E-state index in [2.05, 4.69) is 50.2 Å². The summed E-state index contributed by atoms with van der Waals surface area (Å²) in [7, 11) is 3.82. The summed E-state index contributed by atoms with van der Waals surface area (Å²) in [5.74, 6) is 0. The van der Waals surface area contributed by atoms with Crippen molar-refractivity contribution in [3.8, 4) is 0 Å². The molecule has 0 aliphatic rings. The molecule has 0 amide bonds. The van der Waals surface area contributed by atoms with Gasteiger partial charge in [0.1, 0.15) is 0 Å². The third kappa shape index (κ3) is 4.65. The number of nitrogens with one attached hydrogen (secondary N) is 1. The van der Waals surface area contributed by atoms with Crippen molar-refractivity contribution in [1.82, 2.24) is 5.32 Å². The first-order valence-corrected chi connectivity index (χ1v) is 7.52. The molecule has 1 aromatic rings. The predicted molar refractivity (Wildman–Crippen MR) is 87.8 cm³/mol. The molecular weight excluding hydrogens is 272 g/mol. The smallest absolute Gasteiger partial charge is 0.0587 e. The van der Waals surface area contributed by atoms with Gasteiger partial charge in [-0.1, -0.05) is 24.6 Å². The van der Waals surface area contributed by atoms with Gasteiger partial charge < -0.3 is 15.0 Å². The van der Waals surface area contributed by atoms with Crippen molar-refractivity contribution in [1.29, 1.82) is 0 Å². The van der Waals surface area contributed by atoms with E-state index in [1.807, 2.05) is 6.07 Å². The molecule has 0 spiro atoms. The Morgan fingerprint density at radius 1 is 1.35 bits per heavy atom. The highest BCUT2D eigenvalue weighted by atomic mass is 35.5. The number of nitrogens with zero attached hydrogens (tertiary/aromatic N) is 1. The van der Waals surface area contributed by atoms with Gasteiger partial charge in [-0.15, -0.1) is 0 Å². The lowest BCUT2D eigenvalue weighted by Gasteiger charge is -2.37. The quantitative estimate of drug-likeness (QED) is 0.741. The summed E-state index contributed by atoms with van der Waals surface area (Å²) in [6.07, 6.45) is 1.08. The lowest BCUT2D eigenvalue weighted by Crippen LogP contribution is -2.40. The summed E-state index contributed by atoms with van der Waals surface area (Å²) in [4.78, 5) is 2.28. The topological polar surface area (TPSA) is 24.5 Å². The maximum atomic E-state index is 6.38. The Bertz CT molecular complexity index is 421. The highest BCUT2D eigenvalue weighted by Gasteiger charge is 2.21. The fourth-order valence-electron chi connectivity index (χ4n) is 1.87. The molecule has 0 aromatic heterocycles. The van der Waals surface area contributed by atoms with E-state index in [9.17, 15) is 0 Å². The number of anilines is 1. The number of hydrogen-bond donors (Lipinski definition) is 1. The van der Waals surface area contributed by atoms with Gasteiger partial charge in [0.15, 0.2) is 0 Å². The largest absolute Gasteiger partial charge is 0.383 e. The van der Waals surface area contributed by atoms with E-state index >= 15 is 0 Å². The van der Waals surface area contributed by atoms with Gasteiger partial charge >= 0.3 is 0 Å². The number of hydrogen-bond acceptors (Lipinski definition) is 3. The zero-order valence-electron chi connectivity index (χ0n) is 13.3. The van der Waals surface area contributed by atoms with Crippen molar-refractivity contribution in [3.05, 3.63) is 28.8 Å². The second-order valence-electron chi connectivity index (χ2n) is 5.67. The van der Waals surface area contributed by atoms with Crippen LogP contribution in [-0.4, -0.2) is 32.8 Å². The molecule has 1 N–H and O–H groups in total. The fourth-order valence-corrected chi connectivity index (χ4v) is 2.11. The number of benzene rings is 1. The van der Waals surface area contributed by atoms with Gasteiger partial charge in [0.2, 0.25) is 0 Å². The van der Waals surface area contributed by atoms with Crippen molar-refractivity contribution >= 4 is 17.3 Å². The minimum Gasteiger partial charge on any atom is -0.383 e. The third-order valence-electron chi connectivity index (χ3n) is 4.00. The van der Waals surface area contributed by atoms with E-state index in [0.717, 1.165) is 35.8 Å². The van der Waals surface area contributed by atoms with Crippen LogP contribution in [0.5, 0.6) is 0 Å². The second kappa shape index (κ2) is 7.87. The first-order chi connectivity index (χ1) is 9.42. The van der Waals surface area contributed by atoms with E-state index in [1.165, 1.54) is 0 Å². The van der Waals surface area contributed by atoms with E-state index < -0.39 is 0 Å². The third-order valence-corrected chi connectivity index (χ3v) is 4.35. The molecule has 0 aliphatic carbocycles. The zero-order valence-corrected chi connectivity index (χ0v) is 14.0. The highest BCUT2D eigenvalue weighted by Crippen LogP contribution is 2.28. The molecule has 4 heteroatoms. The molecule has 114 valence electrons. The highest BCUT2D eigenvalue weighted by molar-refractivity contribution is 6.31. The Kier molecular flexibility index (Phi) is 6.80. The Labute approximate surface area is 128 Å². The van der Waals surface area contributed by atoms with Crippen molar-refractivity contribution in [2.75, 3.05) is 32.2 Å². The van der Waals surface area contributed by atoms with Crippen LogP contribution in [0.15, 0.2) is 18.2 Å². The number of ether oxygens (including phenoxy) is 1. The van der Waals surface area contributed by atoms with E-state index in [-0.39, 0.29) is 5.54 Å². The summed E-state index contributed by atoms with van der Waals surface area (Å²) < 4.78 is 5.01. The molecule has 1 rings (SSSR count). The Morgan fingerprint density at radius 3 is 2.60 bits per heavy atom. The lowest BCUT2D eigenvalue weighted by atomic mass is 9.99. The molecule has 0 fully saturated rings. The van der Waals surface area contributed by atoms with Crippen molar-refractivity contribution in [2.45, 2.75) is 39.3 Å². The molecule has 0 radical (unpaired) electrons. The second-order valence-corrected chi connectivity index (χ2v) is 6.08. The molecule has 0 atom stereocenters. The van der Waals surface area contributed by atoms with Crippen LogP contribution >= 0.6 is 11.6 Å². The van der Waals surface area contributed by atoms with Crippen LogP contribution in [0.4, 0.5) is 5.69 Å². The summed E-state index contributed by atoms with van der Waals surface area (Å²) in [6.45, 7) is 8.98. The van der Waals surface area contributed by atoms with Gasteiger partial charge in [-0.3, -0.25) is 0 Å². The molecule has 0 unspecified atom stereocenters. The van der Waals surface area contributed by atoms with Gasteiger partial charge in [-0.25, -0.2) is 0 Å². The van der Waals surface area contributed by atoms with Gasteiger partial charge in [0, 0.05) is 43.5 Å². The van der Waals surface area contributed by atoms with Crippen LogP contribution < -0.4 is 10.2 Å². The molecule has 20 heavy (non-hydrogen) atoms. The number of halogens is 1. The maximum absolute atomic E-state index is 6.38. The van der Waals surface area contributed by atoms with Crippen LogP contribution in [-0.2, 0) is 11.3 Å². The SMILES string of the molecule is CCC(C)(C)N(C)c1ccc(CNCCOC)c(Cl)c1. The minimum atomic E-state index is 0.127. The van der Waals surface area contributed by atoms with Crippen LogP contribution in [0, 0.1) is 0 Å². The lowest BCUT2D eigenvalue weighted by molar-refractivity contribution is 0.199. The van der Waals surface area contributed by atoms with E-state index in [1.54, 1.807) is 7.11 Å². The van der Waals surface area contributed by atoms with Crippen LogP contribution in [0.3, 0.4) is 0 Å². The van der Waals surface area contributed by atoms with E-state index in [4.69, 9.17) is 16.3 Å². The first kappa shape index (κ1) is 17.3. The normalized spacial score (nSPS) is 11.7. The van der Waals surface area contributed by atoms with Gasteiger partial charge in [0.05, 0.1) is 6.61 Å². The Balaban J connectivity index is 2.72. The molecule has 0 aliphatic heterocycles. The van der Waals surface area contributed by atoms with Crippen LogP contribution in [0.25, 0.3) is 0 Å². The van der Waals surface area contributed by atoms with Crippen LogP contribution in [0.1, 0.15) is 32.8 Å². The maximum Gasteiger partial charge on any atom is 0.0587 e.